The minimum Gasteiger partial charge on any atom is -0.326 e. The molecular formula is C17H21N3O. The molecule has 0 aliphatic rings. The molecule has 0 atom stereocenters. The maximum absolute atomic E-state index is 12.3. The van der Waals surface area contributed by atoms with Crippen LogP contribution in [0, 0.1) is 0 Å². The first-order valence-corrected chi connectivity index (χ1v) is 7.26. The van der Waals surface area contributed by atoms with Gasteiger partial charge in [0, 0.05) is 18.4 Å². The number of amides is 1. The van der Waals surface area contributed by atoms with Crippen LogP contribution in [-0.2, 0) is 19.4 Å². The Morgan fingerprint density at radius 3 is 2.29 bits per heavy atom. The number of aryl methyl sites for hydroxylation is 2. The molecule has 1 heterocycles. The predicted molar refractivity (Wildman–Crippen MR) is 85.3 cm³/mol. The highest BCUT2D eigenvalue weighted by molar-refractivity contribution is 6.03. The average Bonchev–Trinajstić information content (AvgIpc) is 2.55. The van der Waals surface area contributed by atoms with E-state index in [-0.39, 0.29) is 5.91 Å². The number of aromatic nitrogens is 1. The highest BCUT2D eigenvalue weighted by Crippen LogP contribution is 2.23. The molecule has 4 nitrogen and oxygen atoms in total. The summed E-state index contributed by atoms with van der Waals surface area (Å²) < 4.78 is 0. The summed E-state index contributed by atoms with van der Waals surface area (Å²) in [6.07, 6.45) is 3.40. The summed E-state index contributed by atoms with van der Waals surface area (Å²) in [5.74, 6) is -0.186. The zero-order chi connectivity index (χ0) is 15.2. The predicted octanol–water partition coefficient (Wildman–Crippen LogP) is 2.92. The van der Waals surface area contributed by atoms with Crippen LogP contribution in [-0.4, -0.2) is 10.9 Å². The van der Waals surface area contributed by atoms with Gasteiger partial charge in [-0.25, -0.2) is 0 Å². The minimum atomic E-state index is -0.186. The fraction of sp³-hybridized carbons (Fsp3) is 0.294. The monoisotopic (exact) mass is 283 g/mol. The number of rotatable bonds is 5. The second-order valence-corrected chi connectivity index (χ2v) is 4.87. The van der Waals surface area contributed by atoms with Crippen LogP contribution in [0.2, 0.25) is 0 Å². The zero-order valence-electron chi connectivity index (χ0n) is 12.5. The highest BCUT2D eigenvalue weighted by Gasteiger charge is 2.12. The van der Waals surface area contributed by atoms with Gasteiger partial charge in [-0.05, 0) is 35.6 Å². The lowest BCUT2D eigenvalue weighted by molar-refractivity contribution is 0.102. The van der Waals surface area contributed by atoms with Crippen LogP contribution in [0.5, 0.6) is 0 Å². The summed E-state index contributed by atoms with van der Waals surface area (Å²) in [7, 11) is 0. The van der Waals surface area contributed by atoms with Crippen LogP contribution >= 0.6 is 0 Å². The molecule has 0 saturated heterocycles. The van der Waals surface area contributed by atoms with Crippen LogP contribution in [0.1, 0.15) is 41.0 Å². The van der Waals surface area contributed by atoms with Crippen LogP contribution in [0.4, 0.5) is 5.69 Å². The van der Waals surface area contributed by atoms with E-state index in [9.17, 15) is 4.79 Å². The molecule has 0 spiro atoms. The van der Waals surface area contributed by atoms with E-state index in [1.807, 2.05) is 24.3 Å². The lowest BCUT2D eigenvalue weighted by atomic mass is 10.0. The van der Waals surface area contributed by atoms with Crippen LogP contribution in [0.25, 0.3) is 0 Å². The van der Waals surface area contributed by atoms with Crippen molar-refractivity contribution in [2.45, 2.75) is 33.2 Å². The molecule has 1 amide bonds. The number of nitrogens with two attached hydrogens (primary N) is 1. The Morgan fingerprint density at radius 1 is 1.14 bits per heavy atom. The number of benzene rings is 1. The number of para-hydroxylation sites is 1. The Morgan fingerprint density at radius 2 is 1.81 bits per heavy atom. The number of carbonyl (C=O) groups is 1. The summed E-state index contributed by atoms with van der Waals surface area (Å²) in [4.78, 5) is 16.5. The molecule has 1 aromatic carbocycles. The number of nitrogens with one attached hydrogen (secondary N) is 1. The van der Waals surface area contributed by atoms with E-state index in [0.29, 0.717) is 12.2 Å². The molecule has 0 aliphatic carbocycles. The quantitative estimate of drug-likeness (QED) is 0.886. The van der Waals surface area contributed by atoms with Gasteiger partial charge in [-0.2, -0.15) is 0 Å². The second-order valence-electron chi connectivity index (χ2n) is 4.87. The van der Waals surface area contributed by atoms with Crippen molar-refractivity contribution in [3.05, 3.63) is 58.9 Å². The number of pyridine rings is 1. The van der Waals surface area contributed by atoms with Crippen molar-refractivity contribution in [2.75, 3.05) is 5.32 Å². The Labute approximate surface area is 125 Å². The number of carbonyl (C=O) groups excluding carboxylic acids is 1. The van der Waals surface area contributed by atoms with Crippen molar-refractivity contribution in [1.29, 1.82) is 0 Å². The molecule has 2 aromatic rings. The average molecular weight is 283 g/mol. The molecule has 110 valence electrons. The second kappa shape index (κ2) is 6.99. The van der Waals surface area contributed by atoms with E-state index >= 15 is 0 Å². The van der Waals surface area contributed by atoms with Crippen molar-refractivity contribution >= 4 is 11.6 Å². The summed E-state index contributed by atoms with van der Waals surface area (Å²) in [6, 6.07) is 9.65. The molecule has 4 heteroatoms. The van der Waals surface area contributed by atoms with Gasteiger partial charge in [0.05, 0.1) is 0 Å². The summed E-state index contributed by atoms with van der Waals surface area (Å²) in [5.41, 5.74) is 10.0. The fourth-order valence-electron chi connectivity index (χ4n) is 2.26. The third-order valence-electron chi connectivity index (χ3n) is 3.53. The van der Waals surface area contributed by atoms with Crippen molar-refractivity contribution < 1.29 is 4.79 Å². The Kier molecular flexibility index (Phi) is 5.06. The number of hydrogen-bond donors (Lipinski definition) is 2. The van der Waals surface area contributed by atoms with Crippen LogP contribution in [0.15, 0.2) is 36.5 Å². The lowest BCUT2D eigenvalue weighted by Crippen LogP contribution is -2.16. The molecule has 0 unspecified atom stereocenters. The zero-order valence-corrected chi connectivity index (χ0v) is 12.5. The van der Waals surface area contributed by atoms with Gasteiger partial charge in [-0.15, -0.1) is 0 Å². The maximum atomic E-state index is 12.3. The van der Waals surface area contributed by atoms with E-state index in [1.165, 1.54) is 0 Å². The van der Waals surface area contributed by atoms with E-state index in [2.05, 4.69) is 24.1 Å². The molecule has 0 saturated carbocycles. The first-order chi connectivity index (χ1) is 10.2. The minimum absolute atomic E-state index is 0.186. The molecule has 0 bridgehead atoms. The van der Waals surface area contributed by atoms with Gasteiger partial charge < -0.3 is 11.1 Å². The van der Waals surface area contributed by atoms with Gasteiger partial charge in [0.1, 0.15) is 5.69 Å². The Hall–Kier alpha value is -2.20. The molecule has 2 rings (SSSR count). The van der Waals surface area contributed by atoms with Crippen molar-refractivity contribution in [3.8, 4) is 0 Å². The number of nitrogens with zero attached hydrogens (tertiary/aromatic N) is 1. The van der Waals surface area contributed by atoms with E-state index in [4.69, 9.17) is 5.73 Å². The van der Waals surface area contributed by atoms with Crippen LogP contribution in [0.3, 0.4) is 0 Å². The molecule has 1 aromatic heterocycles. The SMILES string of the molecule is CCc1cccc(CC)c1NC(=O)c1ccc(CN)cn1. The molecule has 21 heavy (non-hydrogen) atoms. The van der Waals surface area contributed by atoms with Crippen molar-refractivity contribution in [1.82, 2.24) is 4.98 Å². The van der Waals surface area contributed by atoms with Gasteiger partial charge in [-0.1, -0.05) is 38.1 Å². The normalized spacial score (nSPS) is 10.4. The fourth-order valence-corrected chi connectivity index (χ4v) is 2.26. The standard InChI is InChI=1S/C17H21N3O/c1-3-13-6-5-7-14(4-2)16(13)20-17(21)15-9-8-12(10-18)11-19-15/h5-9,11H,3-4,10,18H2,1-2H3,(H,20,21). The van der Waals surface area contributed by atoms with Gasteiger partial charge in [0.15, 0.2) is 0 Å². The van der Waals surface area contributed by atoms with Gasteiger partial charge in [-0.3, -0.25) is 9.78 Å². The van der Waals surface area contributed by atoms with Gasteiger partial charge in [0.2, 0.25) is 0 Å². The lowest BCUT2D eigenvalue weighted by Gasteiger charge is -2.14. The summed E-state index contributed by atoms with van der Waals surface area (Å²) in [5, 5.41) is 3.00. The third-order valence-corrected chi connectivity index (χ3v) is 3.53. The smallest absolute Gasteiger partial charge is 0.274 e. The van der Waals surface area contributed by atoms with Gasteiger partial charge in [0.25, 0.3) is 5.91 Å². The molecular weight excluding hydrogens is 262 g/mol. The van der Waals surface area contributed by atoms with Gasteiger partial charge >= 0.3 is 0 Å². The summed E-state index contributed by atoms with van der Waals surface area (Å²) in [6.45, 7) is 4.59. The molecule has 0 radical (unpaired) electrons. The Bertz CT molecular complexity index is 598. The first-order valence-electron chi connectivity index (χ1n) is 7.26. The topological polar surface area (TPSA) is 68.0 Å². The molecule has 3 N–H and O–H groups in total. The Balaban J connectivity index is 2.26. The van der Waals surface area contributed by atoms with Crippen LogP contribution < -0.4 is 11.1 Å². The van der Waals surface area contributed by atoms with Crippen molar-refractivity contribution in [2.24, 2.45) is 5.73 Å². The largest absolute Gasteiger partial charge is 0.326 e. The third kappa shape index (κ3) is 3.47. The van der Waals surface area contributed by atoms with E-state index in [0.717, 1.165) is 35.2 Å². The first kappa shape index (κ1) is 15.2. The highest BCUT2D eigenvalue weighted by atomic mass is 16.1. The van der Waals surface area contributed by atoms with Crippen molar-refractivity contribution in [3.63, 3.8) is 0 Å². The number of anilines is 1. The molecule has 0 aliphatic heterocycles. The summed E-state index contributed by atoms with van der Waals surface area (Å²) >= 11 is 0. The van der Waals surface area contributed by atoms with E-state index < -0.39 is 0 Å². The maximum Gasteiger partial charge on any atom is 0.274 e. The number of hydrogen-bond acceptors (Lipinski definition) is 3. The van der Waals surface area contributed by atoms with E-state index in [1.54, 1.807) is 12.3 Å². The molecule has 0 fully saturated rings.